The zero-order chi connectivity index (χ0) is 32.8. The van der Waals surface area contributed by atoms with Crippen LogP contribution >= 0.6 is 0 Å². The van der Waals surface area contributed by atoms with E-state index in [-0.39, 0.29) is 0 Å². The molecule has 0 spiro atoms. The van der Waals surface area contributed by atoms with Crippen molar-refractivity contribution < 1.29 is 0 Å². The molecule has 0 fully saturated rings. The lowest BCUT2D eigenvalue weighted by atomic mass is 9.93. The lowest BCUT2D eigenvalue weighted by molar-refractivity contribution is 0.728. The molecule has 2 heteroatoms. The first-order valence-electron chi connectivity index (χ1n) is 17.0. The Hall–Kier alpha value is -5.60. The molecule has 0 aliphatic heterocycles. The molecule has 7 aromatic carbocycles. The summed E-state index contributed by atoms with van der Waals surface area (Å²) >= 11 is 0. The quantitative estimate of drug-likeness (QED) is 0.171. The van der Waals surface area contributed by atoms with Crippen molar-refractivity contribution in [2.75, 3.05) is 9.80 Å². The number of benzene rings is 7. The first-order valence-corrected chi connectivity index (χ1v) is 17.0. The van der Waals surface area contributed by atoms with Crippen molar-refractivity contribution in [2.45, 2.75) is 34.1 Å². The normalized spacial score (nSPS) is 14.4. The van der Waals surface area contributed by atoms with Gasteiger partial charge >= 0.3 is 0 Å². The molecular weight excluding hydrogens is 581 g/mol. The fourth-order valence-corrected chi connectivity index (χ4v) is 7.10. The van der Waals surface area contributed by atoms with E-state index in [1.807, 2.05) is 0 Å². The van der Waals surface area contributed by atoms with Crippen molar-refractivity contribution in [1.82, 2.24) is 0 Å². The standard InChI is InChI=1S/C46H40N2/c1-31-13-21-35(22-14-31)47(36-23-15-32(2)16-24-36)45-29-43-40-10-6-8-12-42(40)46(30-44(43)39-9-5-7-11-41(39)45)48(37-25-17-33(3)18-26-37)38-27-19-34(4)20-28-38/h5-19,21-30,34H,20H2,1-4H3. The van der Waals surface area contributed by atoms with E-state index in [4.69, 9.17) is 0 Å². The number of anilines is 5. The first-order chi connectivity index (χ1) is 23.4. The number of hydrogen-bond acceptors (Lipinski definition) is 2. The zero-order valence-electron chi connectivity index (χ0n) is 28.1. The van der Waals surface area contributed by atoms with Gasteiger partial charge in [0, 0.05) is 33.5 Å². The van der Waals surface area contributed by atoms with Gasteiger partial charge in [-0.15, -0.1) is 0 Å². The minimum absolute atomic E-state index is 0.536. The van der Waals surface area contributed by atoms with E-state index in [1.165, 1.54) is 71.8 Å². The summed E-state index contributed by atoms with van der Waals surface area (Å²) < 4.78 is 0. The predicted molar refractivity (Wildman–Crippen MR) is 207 cm³/mol. The van der Waals surface area contributed by atoms with Gasteiger partial charge in [-0.1, -0.05) is 121 Å². The molecule has 0 saturated heterocycles. The molecule has 0 saturated carbocycles. The minimum atomic E-state index is 0.536. The number of hydrogen-bond donors (Lipinski definition) is 0. The van der Waals surface area contributed by atoms with Crippen molar-refractivity contribution in [2.24, 2.45) is 5.92 Å². The summed E-state index contributed by atoms with van der Waals surface area (Å²) in [6.07, 6.45) is 8.06. The molecule has 48 heavy (non-hydrogen) atoms. The largest absolute Gasteiger partial charge is 0.310 e. The number of rotatable bonds is 6. The lowest BCUT2D eigenvalue weighted by Crippen LogP contribution is -2.17. The summed E-state index contributed by atoms with van der Waals surface area (Å²) in [5.74, 6) is 0.536. The van der Waals surface area contributed by atoms with Crippen LogP contribution in [0, 0.1) is 26.7 Å². The van der Waals surface area contributed by atoms with E-state index in [0.29, 0.717) is 5.92 Å². The maximum absolute atomic E-state index is 2.46. The van der Waals surface area contributed by atoms with Gasteiger partial charge in [0.2, 0.25) is 0 Å². The summed E-state index contributed by atoms with van der Waals surface area (Å²) in [7, 11) is 0. The number of aryl methyl sites for hydroxylation is 3. The lowest BCUT2D eigenvalue weighted by Gasteiger charge is -2.31. The van der Waals surface area contributed by atoms with Gasteiger partial charge < -0.3 is 9.80 Å². The third-order valence-corrected chi connectivity index (χ3v) is 9.75. The molecule has 0 heterocycles. The SMILES string of the molecule is Cc1ccc(N(C2=CCC(C)C=C2)c2cc3c4ccccc4c(N(c4ccc(C)cc4)c4ccc(C)cc4)cc3c3ccccc23)cc1. The van der Waals surface area contributed by atoms with Crippen molar-refractivity contribution in [1.29, 1.82) is 0 Å². The second-order valence-corrected chi connectivity index (χ2v) is 13.4. The Morgan fingerprint density at radius 2 is 0.854 bits per heavy atom. The maximum Gasteiger partial charge on any atom is 0.0546 e. The topological polar surface area (TPSA) is 6.48 Å². The Balaban J connectivity index is 1.44. The van der Waals surface area contributed by atoms with Crippen LogP contribution in [0.3, 0.4) is 0 Å². The summed E-state index contributed by atoms with van der Waals surface area (Å²) in [6.45, 7) is 8.73. The van der Waals surface area contributed by atoms with Crippen LogP contribution in [0.1, 0.15) is 30.0 Å². The summed E-state index contributed by atoms with van der Waals surface area (Å²) in [5.41, 5.74) is 10.8. The average Bonchev–Trinajstić information content (AvgIpc) is 3.12. The molecule has 7 aromatic rings. The molecule has 1 atom stereocenters. The third-order valence-electron chi connectivity index (χ3n) is 9.75. The Morgan fingerprint density at radius 1 is 0.458 bits per heavy atom. The van der Waals surface area contributed by atoms with E-state index in [2.05, 4.69) is 189 Å². The van der Waals surface area contributed by atoms with Crippen LogP contribution in [0.25, 0.3) is 32.3 Å². The van der Waals surface area contributed by atoms with E-state index < -0.39 is 0 Å². The Bertz CT molecular complexity index is 2300. The van der Waals surface area contributed by atoms with Crippen LogP contribution < -0.4 is 9.80 Å². The van der Waals surface area contributed by atoms with Gasteiger partial charge in [-0.25, -0.2) is 0 Å². The molecule has 1 aliphatic rings. The van der Waals surface area contributed by atoms with Crippen LogP contribution in [0.4, 0.5) is 28.4 Å². The second kappa shape index (κ2) is 12.2. The first kappa shape index (κ1) is 29.8. The van der Waals surface area contributed by atoms with Crippen LogP contribution in [-0.2, 0) is 0 Å². The fourth-order valence-electron chi connectivity index (χ4n) is 7.10. The van der Waals surface area contributed by atoms with Crippen molar-refractivity contribution in [3.63, 3.8) is 0 Å². The highest BCUT2D eigenvalue weighted by atomic mass is 15.2. The molecule has 0 amide bonds. The van der Waals surface area contributed by atoms with E-state index >= 15 is 0 Å². The number of fused-ring (bicyclic) bond motifs is 5. The summed E-state index contributed by atoms with van der Waals surface area (Å²) in [4.78, 5) is 4.87. The molecule has 1 aliphatic carbocycles. The minimum Gasteiger partial charge on any atom is -0.310 e. The van der Waals surface area contributed by atoms with Gasteiger partial charge in [-0.2, -0.15) is 0 Å². The van der Waals surface area contributed by atoms with Gasteiger partial charge in [0.05, 0.1) is 11.4 Å². The molecule has 1 unspecified atom stereocenters. The monoisotopic (exact) mass is 620 g/mol. The number of allylic oxidation sites excluding steroid dienone is 3. The third kappa shape index (κ3) is 5.34. The fraction of sp³-hybridized carbons (Fsp3) is 0.130. The van der Waals surface area contributed by atoms with Crippen LogP contribution in [0.15, 0.2) is 157 Å². The van der Waals surface area contributed by atoms with Gasteiger partial charge in [-0.05, 0) is 109 Å². The molecule has 234 valence electrons. The average molecular weight is 621 g/mol. The summed E-state index contributed by atoms with van der Waals surface area (Å²) in [6, 6.07) is 49.4. The molecule has 8 rings (SSSR count). The Kier molecular flexibility index (Phi) is 7.57. The molecule has 2 nitrogen and oxygen atoms in total. The predicted octanol–water partition coefficient (Wildman–Crippen LogP) is 13.2. The Morgan fingerprint density at radius 3 is 1.27 bits per heavy atom. The highest BCUT2D eigenvalue weighted by Crippen LogP contribution is 2.47. The smallest absolute Gasteiger partial charge is 0.0546 e. The zero-order valence-corrected chi connectivity index (χ0v) is 28.1. The second-order valence-electron chi connectivity index (χ2n) is 13.4. The molecule has 0 radical (unpaired) electrons. The number of nitrogens with zero attached hydrogens (tertiary/aromatic N) is 2. The molecule has 0 N–H and O–H groups in total. The molecule has 0 aromatic heterocycles. The highest BCUT2D eigenvalue weighted by molar-refractivity contribution is 6.24. The molecule has 0 bridgehead atoms. The van der Waals surface area contributed by atoms with Gasteiger partial charge in [0.1, 0.15) is 0 Å². The van der Waals surface area contributed by atoms with E-state index in [9.17, 15) is 0 Å². The van der Waals surface area contributed by atoms with Crippen LogP contribution in [0.2, 0.25) is 0 Å². The maximum atomic E-state index is 2.46. The van der Waals surface area contributed by atoms with Gasteiger partial charge in [0.25, 0.3) is 0 Å². The van der Waals surface area contributed by atoms with Crippen LogP contribution in [0.5, 0.6) is 0 Å². The Labute approximate surface area is 283 Å². The molecular formula is C46H40N2. The van der Waals surface area contributed by atoms with Crippen LogP contribution in [-0.4, -0.2) is 0 Å². The van der Waals surface area contributed by atoms with E-state index in [1.54, 1.807) is 0 Å². The van der Waals surface area contributed by atoms with Crippen molar-refractivity contribution in [3.05, 3.63) is 174 Å². The van der Waals surface area contributed by atoms with Crippen molar-refractivity contribution >= 4 is 60.8 Å². The van der Waals surface area contributed by atoms with Gasteiger partial charge in [0.15, 0.2) is 0 Å². The van der Waals surface area contributed by atoms with E-state index in [0.717, 1.165) is 17.8 Å². The van der Waals surface area contributed by atoms with Gasteiger partial charge in [-0.3, -0.25) is 0 Å². The van der Waals surface area contributed by atoms with Crippen molar-refractivity contribution in [3.8, 4) is 0 Å². The highest BCUT2D eigenvalue weighted by Gasteiger charge is 2.23. The summed E-state index contributed by atoms with van der Waals surface area (Å²) in [5, 5.41) is 7.44.